The fourth-order valence-corrected chi connectivity index (χ4v) is 1.45. The van der Waals surface area contributed by atoms with E-state index in [1.54, 1.807) is 18.6 Å². The van der Waals surface area contributed by atoms with Crippen molar-refractivity contribution < 1.29 is 0 Å². The van der Waals surface area contributed by atoms with Crippen LogP contribution in [0.5, 0.6) is 0 Å². The van der Waals surface area contributed by atoms with Crippen molar-refractivity contribution in [2.24, 2.45) is 5.84 Å². The molecule has 0 aliphatic carbocycles. The molecule has 1 atom stereocenters. The van der Waals surface area contributed by atoms with Crippen LogP contribution in [0, 0.1) is 6.92 Å². The number of hydrazine groups is 1. The second kappa shape index (κ2) is 4.73. The minimum absolute atomic E-state index is 0.220. The Morgan fingerprint density at radius 3 is 2.69 bits per heavy atom. The second-order valence-electron chi connectivity index (χ2n) is 3.30. The van der Waals surface area contributed by atoms with Gasteiger partial charge in [-0.15, -0.1) is 0 Å². The Labute approximate surface area is 93.0 Å². The summed E-state index contributed by atoms with van der Waals surface area (Å²) < 4.78 is 0. The molecule has 0 fully saturated rings. The number of hydrogen-bond donors (Lipinski definition) is 2. The number of aromatic nitrogens is 4. The number of rotatable bonds is 3. The van der Waals surface area contributed by atoms with E-state index in [9.17, 15) is 0 Å². The molecular weight excluding hydrogens is 204 g/mol. The number of hydrogen-bond acceptors (Lipinski definition) is 6. The molecule has 0 bridgehead atoms. The molecule has 6 nitrogen and oxygen atoms in total. The zero-order valence-electron chi connectivity index (χ0n) is 8.83. The summed E-state index contributed by atoms with van der Waals surface area (Å²) >= 11 is 0. The third kappa shape index (κ3) is 2.18. The molecule has 0 aliphatic rings. The quantitative estimate of drug-likeness (QED) is 0.560. The number of aryl methyl sites for hydroxylation is 1. The summed E-state index contributed by atoms with van der Waals surface area (Å²) in [6.07, 6.45) is 6.58. The van der Waals surface area contributed by atoms with Crippen LogP contribution in [-0.4, -0.2) is 19.9 Å². The first-order chi connectivity index (χ1) is 7.81. The Morgan fingerprint density at radius 1 is 1.31 bits per heavy atom. The third-order valence-corrected chi connectivity index (χ3v) is 2.17. The molecule has 0 aliphatic heterocycles. The second-order valence-corrected chi connectivity index (χ2v) is 3.30. The third-order valence-electron chi connectivity index (χ3n) is 2.17. The van der Waals surface area contributed by atoms with Crippen LogP contribution in [0.25, 0.3) is 0 Å². The molecule has 1 unspecified atom stereocenters. The summed E-state index contributed by atoms with van der Waals surface area (Å²) in [5.74, 6) is 6.22. The van der Waals surface area contributed by atoms with Gasteiger partial charge in [-0.05, 0) is 13.0 Å². The van der Waals surface area contributed by atoms with Gasteiger partial charge in [0.2, 0.25) is 0 Å². The van der Waals surface area contributed by atoms with Crippen LogP contribution in [0.2, 0.25) is 0 Å². The van der Waals surface area contributed by atoms with Crippen molar-refractivity contribution in [1.82, 2.24) is 25.4 Å². The van der Waals surface area contributed by atoms with Crippen LogP contribution < -0.4 is 11.3 Å². The van der Waals surface area contributed by atoms with E-state index in [4.69, 9.17) is 5.84 Å². The molecular formula is C10H12N6. The van der Waals surface area contributed by atoms with Gasteiger partial charge in [0.05, 0.1) is 11.7 Å². The Bertz CT molecular complexity index is 458. The highest BCUT2D eigenvalue weighted by Crippen LogP contribution is 2.17. The SMILES string of the molecule is Cc1nccc(C(NN)c2cncnc2)n1. The number of nitrogens with one attached hydrogen (secondary N) is 1. The molecule has 0 saturated heterocycles. The van der Waals surface area contributed by atoms with E-state index in [1.807, 2.05) is 13.0 Å². The van der Waals surface area contributed by atoms with E-state index in [1.165, 1.54) is 6.33 Å². The molecule has 0 saturated carbocycles. The molecule has 2 heterocycles. The fraction of sp³-hybridized carbons (Fsp3) is 0.200. The van der Waals surface area contributed by atoms with Crippen molar-refractivity contribution in [3.8, 4) is 0 Å². The molecule has 0 radical (unpaired) electrons. The fourth-order valence-electron chi connectivity index (χ4n) is 1.45. The first kappa shape index (κ1) is 10.6. The van der Waals surface area contributed by atoms with Crippen LogP contribution in [0.3, 0.4) is 0 Å². The first-order valence-corrected chi connectivity index (χ1v) is 4.82. The van der Waals surface area contributed by atoms with Gasteiger partial charge in [-0.1, -0.05) is 0 Å². The normalized spacial score (nSPS) is 12.4. The lowest BCUT2D eigenvalue weighted by atomic mass is 10.1. The Morgan fingerprint density at radius 2 is 2.06 bits per heavy atom. The van der Waals surface area contributed by atoms with Crippen molar-refractivity contribution in [3.63, 3.8) is 0 Å². The molecule has 0 amide bonds. The number of nitrogens with zero attached hydrogens (tertiary/aromatic N) is 4. The molecule has 2 aromatic rings. The summed E-state index contributed by atoms with van der Waals surface area (Å²) in [5, 5.41) is 0. The zero-order valence-corrected chi connectivity index (χ0v) is 8.83. The Balaban J connectivity index is 2.37. The predicted octanol–water partition coefficient (Wildman–Crippen LogP) is 0.128. The summed E-state index contributed by atoms with van der Waals surface area (Å²) in [5.41, 5.74) is 4.35. The van der Waals surface area contributed by atoms with Gasteiger partial charge in [-0.3, -0.25) is 5.84 Å². The lowest BCUT2D eigenvalue weighted by molar-refractivity contribution is 0.612. The van der Waals surface area contributed by atoms with Gasteiger partial charge < -0.3 is 0 Å². The lowest BCUT2D eigenvalue weighted by Crippen LogP contribution is -2.29. The molecule has 16 heavy (non-hydrogen) atoms. The maximum atomic E-state index is 5.52. The molecule has 82 valence electrons. The molecule has 2 rings (SSSR count). The van der Waals surface area contributed by atoms with Crippen molar-refractivity contribution >= 4 is 0 Å². The van der Waals surface area contributed by atoms with Gasteiger partial charge >= 0.3 is 0 Å². The summed E-state index contributed by atoms with van der Waals surface area (Å²) in [4.78, 5) is 16.3. The smallest absolute Gasteiger partial charge is 0.125 e. The lowest BCUT2D eigenvalue weighted by Gasteiger charge is -2.14. The van der Waals surface area contributed by atoms with E-state index in [2.05, 4.69) is 25.4 Å². The van der Waals surface area contributed by atoms with Gasteiger partial charge in [-0.2, -0.15) is 0 Å². The van der Waals surface area contributed by atoms with Gasteiger partial charge in [0.25, 0.3) is 0 Å². The average Bonchev–Trinajstić information content (AvgIpc) is 2.31. The van der Waals surface area contributed by atoms with Crippen LogP contribution in [0.4, 0.5) is 0 Å². The van der Waals surface area contributed by atoms with Crippen molar-refractivity contribution in [1.29, 1.82) is 0 Å². The topological polar surface area (TPSA) is 89.6 Å². The Kier molecular flexibility index (Phi) is 3.13. The maximum absolute atomic E-state index is 5.52. The average molecular weight is 216 g/mol. The van der Waals surface area contributed by atoms with E-state index in [0.717, 1.165) is 11.3 Å². The highest BCUT2D eigenvalue weighted by molar-refractivity contribution is 5.22. The van der Waals surface area contributed by atoms with Crippen LogP contribution in [0.1, 0.15) is 23.1 Å². The van der Waals surface area contributed by atoms with E-state index in [-0.39, 0.29) is 6.04 Å². The largest absolute Gasteiger partial charge is 0.271 e. The Hall–Kier alpha value is -1.92. The zero-order chi connectivity index (χ0) is 11.4. The monoisotopic (exact) mass is 216 g/mol. The molecule has 0 spiro atoms. The summed E-state index contributed by atoms with van der Waals surface area (Å²) in [7, 11) is 0. The van der Waals surface area contributed by atoms with Crippen molar-refractivity contribution in [2.45, 2.75) is 13.0 Å². The van der Waals surface area contributed by atoms with Gasteiger partial charge in [0.1, 0.15) is 12.2 Å². The summed E-state index contributed by atoms with van der Waals surface area (Å²) in [6.45, 7) is 1.83. The van der Waals surface area contributed by atoms with Gasteiger partial charge in [-0.25, -0.2) is 25.4 Å². The first-order valence-electron chi connectivity index (χ1n) is 4.82. The van der Waals surface area contributed by atoms with Crippen LogP contribution >= 0.6 is 0 Å². The van der Waals surface area contributed by atoms with Crippen LogP contribution in [0.15, 0.2) is 31.0 Å². The van der Waals surface area contributed by atoms with Gasteiger partial charge in [0.15, 0.2) is 0 Å². The van der Waals surface area contributed by atoms with E-state index in [0.29, 0.717) is 5.82 Å². The van der Waals surface area contributed by atoms with E-state index < -0.39 is 0 Å². The predicted molar refractivity (Wildman–Crippen MR) is 58.0 cm³/mol. The van der Waals surface area contributed by atoms with E-state index >= 15 is 0 Å². The maximum Gasteiger partial charge on any atom is 0.125 e. The number of nitrogens with two attached hydrogens (primary N) is 1. The summed E-state index contributed by atoms with van der Waals surface area (Å²) in [6, 6.07) is 1.59. The molecule has 3 N–H and O–H groups in total. The molecule has 6 heteroatoms. The van der Waals surface area contributed by atoms with Crippen LogP contribution in [-0.2, 0) is 0 Å². The highest BCUT2D eigenvalue weighted by Gasteiger charge is 2.14. The molecule has 0 aromatic carbocycles. The van der Waals surface area contributed by atoms with Crippen molar-refractivity contribution in [3.05, 3.63) is 48.1 Å². The standard InChI is InChI=1S/C10H12N6/c1-7-14-3-2-9(15-7)10(16-11)8-4-12-6-13-5-8/h2-6,10,16H,11H2,1H3. The van der Waals surface area contributed by atoms with Crippen molar-refractivity contribution in [2.75, 3.05) is 0 Å². The van der Waals surface area contributed by atoms with Gasteiger partial charge in [0, 0.05) is 24.2 Å². The minimum atomic E-state index is -0.220. The highest BCUT2D eigenvalue weighted by atomic mass is 15.2. The minimum Gasteiger partial charge on any atom is -0.271 e. The molecule has 2 aromatic heterocycles.